The van der Waals surface area contributed by atoms with E-state index in [4.69, 9.17) is 10.8 Å². The first-order chi connectivity index (χ1) is 3.83. The van der Waals surface area contributed by atoms with Crippen molar-refractivity contribution >= 4 is 16.3 Å². The highest BCUT2D eigenvalue weighted by Gasteiger charge is 1.91. The molecule has 1 heterocycles. The average Bonchev–Trinajstić information content (AvgIpc) is 2.14. The van der Waals surface area contributed by atoms with E-state index in [-0.39, 0.29) is 6.61 Å². The normalized spacial score (nSPS) is 9.62. The minimum absolute atomic E-state index is 0.0991. The molecule has 0 spiro atoms. The molecule has 8 heavy (non-hydrogen) atoms. The second kappa shape index (κ2) is 2.15. The van der Waals surface area contributed by atoms with Crippen LogP contribution in [0.3, 0.4) is 0 Å². The number of hydrogen-bond donors (Lipinski definition) is 2. The number of hydrogen-bond acceptors (Lipinski definition) is 3. The third-order valence-corrected chi connectivity index (χ3v) is 1.74. The van der Waals surface area contributed by atoms with Gasteiger partial charge >= 0.3 is 0 Å². The lowest BCUT2D eigenvalue weighted by molar-refractivity contribution is 0.285. The van der Waals surface area contributed by atoms with Crippen LogP contribution in [-0.2, 0) is 6.61 Å². The molecule has 1 rings (SSSR count). The maximum absolute atomic E-state index is 8.51. The molecule has 3 heteroatoms. The molecule has 2 nitrogen and oxygen atoms in total. The maximum atomic E-state index is 8.51. The Bertz CT molecular complexity index is 173. The molecule has 0 bridgehead atoms. The molecule has 44 valence electrons. The van der Waals surface area contributed by atoms with Crippen molar-refractivity contribution in [2.45, 2.75) is 6.61 Å². The van der Waals surface area contributed by atoms with Gasteiger partial charge < -0.3 is 10.8 Å². The van der Waals surface area contributed by atoms with E-state index in [1.54, 1.807) is 6.07 Å². The van der Waals surface area contributed by atoms with Crippen LogP contribution in [0.4, 0.5) is 5.00 Å². The minimum atomic E-state index is 0.0991. The van der Waals surface area contributed by atoms with Gasteiger partial charge in [-0.15, -0.1) is 11.3 Å². The molecular formula is C5H7NOS. The summed E-state index contributed by atoms with van der Waals surface area (Å²) in [5, 5.41) is 9.26. The third-order valence-electron chi connectivity index (χ3n) is 0.838. The lowest BCUT2D eigenvalue weighted by Crippen LogP contribution is -1.73. The second-order valence-electron chi connectivity index (χ2n) is 1.46. The first-order valence-corrected chi connectivity index (χ1v) is 3.09. The molecule has 3 N–H and O–H groups in total. The fraction of sp³-hybridized carbons (Fsp3) is 0.200. The Kier molecular flexibility index (Phi) is 1.50. The number of aliphatic hydroxyl groups is 1. The molecule has 1 aromatic heterocycles. The van der Waals surface area contributed by atoms with Gasteiger partial charge in [0.2, 0.25) is 0 Å². The van der Waals surface area contributed by atoms with Gasteiger partial charge in [-0.3, -0.25) is 0 Å². The monoisotopic (exact) mass is 129 g/mol. The summed E-state index contributed by atoms with van der Waals surface area (Å²) in [4.78, 5) is 0.919. The van der Waals surface area contributed by atoms with E-state index in [1.165, 1.54) is 11.3 Å². The van der Waals surface area contributed by atoms with E-state index >= 15 is 0 Å². The summed E-state index contributed by atoms with van der Waals surface area (Å²) >= 11 is 1.42. The predicted octanol–water partition coefficient (Wildman–Crippen LogP) is 0.823. The first-order valence-electron chi connectivity index (χ1n) is 2.28. The summed E-state index contributed by atoms with van der Waals surface area (Å²) < 4.78 is 0. The van der Waals surface area contributed by atoms with Gasteiger partial charge in [0.15, 0.2) is 0 Å². The number of aliphatic hydroxyl groups excluding tert-OH is 1. The lowest BCUT2D eigenvalue weighted by atomic mass is 10.5. The first kappa shape index (κ1) is 5.59. The van der Waals surface area contributed by atoms with Crippen molar-refractivity contribution in [3.63, 3.8) is 0 Å². The lowest BCUT2D eigenvalue weighted by Gasteiger charge is -1.80. The molecule has 0 unspecified atom stereocenters. The quantitative estimate of drug-likeness (QED) is 0.589. The molecule has 1 aromatic rings. The Labute approximate surface area is 51.6 Å². The van der Waals surface area contributed by atoms with Crippen LogP contribution in [-0.4, -0.2) is 5.11 Å². The molecule has 0 aliphatic heterocycles. The zero-order valence-electron chi connectivity index (χ0n) is 4.29. The summed E-state index contributed by atoms with van der Waals surface area (Å²) in [6.07, 6.45) is 0. The van der Waals surface area contributed by atoms with Crippen LogP contribution in [0.1, 0.15) is 4.88 Å². The Morgan fingerprint density at radius 1 is 1.62 bits per heavy atom. The summed E-state index contributed by atoms with van der Waals surface area (Å²) in [6, 6.07) is 3.61. The van der Waals surface area contributed by atoms with E-state index in [2.05, 4.69) is 0 Å². The van der Waals surface area contributed by atoms with Crippen molar-refractivity contribution in [1.29, 1.82) is 0 Å². The molecule has 0 amide bonds. The molecular weight excluding hydrogens is 122 g/mol. The van der Waals surface area contributed by atoms with Gasteiger partial charge in [0.05, 0.1) is 11.6 Å². The van der Waals surface area contributed by atoms with Gasteiger partial charge in [-0.1, -0.05) is 0 Å². The molecule has 0 atom stereocenters. The van der Waals surface area contributed by atoms with Gasteiger partial charge in [-0.25, -0.2) is 0 Å². The molecule has 0 aliphatic carbocycles. The Morgan fingerprint density at radius 3 is 2.62 bits per heavy atom. The summed E-state index contributed by atoms with van der Waals surface area (Å²) in [7, 11) is 0. The molecule has 0 saturated carbocycles. The number of nitrogen functional groups attached to an aromatic ring is 1. The topological polar surface area (TPSA) is 46.2 Å². The summed E-state index contributed by atoms with van der Waals surface area (Å²) in [6.45, 7) is 0.0991. The third kappa shape index (κ3) is 0.993. The van der Waals surface area contributed by atoms with Gasteiger partial charge in [0, 0.05) is 4.88 Å². The molecule has 0 fully saturated rings. The average molecular weight is 129 g/mol. The van der Waals surface area contributed by atoms with E-state index in [0.29, 0.717) is 0 Å². The fourth-order valence-electron chi connectivity index (χ4n) is 0.479. The van der Waals surface area contributed by atoms with Crippen molar-refractivity contribution in [3.8, 4) is 0 Å². The standard InChI is InChI=1S/C5H7NOS/c6-5-2-1-4(3-7)8-5/h1-2,7H,3,6H2. The maximum Gasteiger partial charge on any atom is 0.0860 e. The van der Waals surface area contributed by atoms with Crippen LogP contribution in [0.2, 0.25) is 0 Å². The zero-order valence-corrected chi connectivity index (χ0v) is 5.11. The van der Waals surface area contributed by atoms with Crippen LogP contribution in [0.25, 0.3) is 0 Å². The van der Waals surface area contributed by atoms with Gasteiger partial charge in [-0.2, -0.15) is 0 Å². The highest BCUT2D eigenvalue weighted by Crippen LogP contribution is 2.17. The Balaban J connectivity index is 2.84. The van der Waals surface area contributed by atoms with Crippen LogP contribution >= 0.6 is 11.3 Å². The smallest absolute Gasteiger partial charge is 0.0860 e. The van der Waals surface area contributed by atoms with Crippen LogP contribution in [0.5, 0.6) is 0 Å². The van der Waals surface area contributed by atoms with Gasteiger partial charge in [0.1, 0.15) is 0 Å². The van der Waals surface area contributed by atoms with E-state index < -0.39 is 0 Å². The number of anilines is 1. The summed E-state index contributed by atoms with van der Waals surface area (Å²) in [5.41, 5.74) is 5.36. The van der Waals surface area contributed by atoms with Crippen LogP contribution in [0, 0.1) is 0 Å². The number of nitrogens with two attached hydrogens (primary N) is 1. The van der Waals surface area contributed by atoms with Crippen molar-refractivity contribution in [3.05, 3.63) is 17.0 Å². The number of rotatable bonds is 1. The number of thiophene rings is 1. The van der Waals surface area contributed by atoms with E-state index in [9.17, 15) is 0 Å². The summed E-state index contributed by atoms with van der Waals surface area (Å²) in [5.74, 6) is 0. The molecule has 0 saturated heterocycles. The molecule has 0 radical (unpaired) electrons. The van der Waals surface area contributed by atoms with E-state index in [1.807, 2.05) is 6.07 Å². The molecule has 0 aromatic carbocycles. The van der Waals surface area contributed by atoms with E-state index in [0.717, 1.165) is 9.88 Å². The van der Waals surface area contributed by atoms with Gasteiger partial charge in [-0.05, 0) is 12.1 Å². The van der Waals surface area contributed by atoms with Crippen molar-refractivity contribution in [2.24, 2.45) is 0 Å². The van der Waals surface area contributed by atoms with Crippen LogP contribution < -0.4 is 5.73 Å². The van der Waals surface area contributed by atoms with Crippen molar-refractivity contribution < 1.29 is 5.11 Å². The predicted molar refractivity (Wildman–Crippen MR) is 34.7 cm³/mol. The zero-order chi connectivity index (χ0) is 5.98. The van der Waals surface area contributed by atoms with Crippen molar-refractivity contribution in [1.82, 2.24) is 0 Å². The highest BCUT2D eigenvalue weighted by molar-refractivity contribution is 7.15. The van der Waals surface area contributed by atoms with Crippen molar-refractivity contribution in [2.75, 3.05) is 5.73 Å². The minimum Gasteiger partial charge on any atom is -0.391 e. The fourth-order valence-corrected chi connectivity index (χ4v) is 1.12. The second-order valence-corrected chi connectivity index (χ2v) is 2.66. The SMILES string of the molecule is Nc1ccc(CO)s1. The molecule has 0 aliphatic rings. The van der Waals surface area contributed by atoms with Gasteiger partial charge in [0.25, 0.3) is 0 Å². The largest absolute Gasteiger partial charge is 0.391 e. The highest BCUT2D eigenvalue weighted by atomic mass is 32.1. The Hall–Kier alpha value is -0.540. The van der Waals surface area contributed by atoms with Crippen LogP contribution in [0.15, 0.2) is 12.1 Å². The Morgan fingerprint density at radius 2 is 2.38 bits per heavy atom.